The molecule has 2 amide bonds. The van der Waals surface area contributed by atoms with Crippen molar-refractivity contribution < 1.29 is 19.1 Å². The zero-order chi connectivity index (χ0) is 19.6. The Labute approximate surface area is 164 Å². The third-order valence-electron chi connectivity index (χ3n) is 5.31. The van der Waals surface area contributed by atoms with Gasteiger partial charge in [-0.25, -0.2) is 0 Å². The van der Waals surface area contributed by atoms with E-state index in [1.165, 1.54) is 14.2 Å². The summed E-state index contributed by atoms with van der Waals surface area (Å²) in [4.78, 5) is 29.5. The smallest absolute Gasteiger partial charge is 0.228 e. The van der Waals surface area contributed by atoms with Gasteiger partial charge in [-0.05, 0) is 13.0 Å². The van der Waals surface area contributed by atoms with Gasteiger partial charge in [-0.1, -0.05) is 18.5 Å². The number of carbonyl (C=O) groups is 2. The predicted octanol–water partition coefficient (Wildman–Crippen LogP) is 2.10. The highest BCUT2D eigenvalue weighted by atomic mass is 35.5. The summed E-state index contributed by atoms with van der Waals surface area (Å²) in [5, 5.41) is 3.25. The molecule has 1 saturated heterocycles. The predicted molar refractivity (Wildman–Crippen MR) is 103 cm³/mol. The molecule has 0 spiro atoms. The number of nitrogens with one attached hydrogen (secondary N) is 1. The van der Waals surface area contributed by atoms with Gasteiger partial charge in [0.15, 0.2) is 0 Å². The van der Waals surface area contributed by atoms with Gasteiger partial charge >= 0.3 is 0 Å². The van der Waals surface area contributed by atoms with E-state index in [0.717, 1.165) is 32.7 Å². The fourth-order valence-corrected chi connectivity index (χ4v) is 3.69. The van der Waals surface area contributed by atoms with Gasteiger partial charge in [0.25, 0.3) is 0 Å². The van der Waals surface area contributed by atoms with E-state index in [1.54, 1.807) is 12.1 Å². The lowest BCUT2D eigenvalue weighted by atomic mass is 10.2. The summed E-state index contributed by atoms with van der Waals surface area (Å²) in [5.41, 5.74) is 0.485. The molecule has 8 heteroatoms. The first-order chi connectivity index (χ1) is 13.0. The lowest BCUT2D eigenvalue weighted by Gasteiger charge is -2.34. The van der Waals surface area contributed by atoms with Crippen molar-refractivity contribution in [1.29, 1.82) is 0 Å². The van der Waals surface area contributed by atoms with Gasteiger partial charge in [-0.2, -0.15) is 0 Å². The van der Waals surface area contributed by atoms with Gasteiger partial charge in [0, 0.05) is 38.3 Å². The summed E-state index contributed by atoms with van der Waals surface area (Å²) in [5.74, 6) is 0.291. The Morgan fingerprint density at radius 1 is 1.11 bits per heavy atom. The number of likely N-dealkylation sites (N-methyl/N-ethyl adjacent to an activating group) is 1. The largest absolute Gasteiger partial charge is 0.495 e. The number of hydrogen-bond donors (Lipinski definition) is 1. The normalized spacial score (nSPS) is 22.3. The Hall–Kier alpha value is -1.99. The maximum Gasteiger partial charge on any atom is 0.228 e. The zero-order valence-corrected chi connectivity index (χ0v) is 16.7. The number of rotatable bonds is 6. The highest BCUT2D eigenvalue weighted by Gasteiger charge is 2.49. The van der Waals surface area contributed by atoms with E-state index >= 15 is 0 Å². The van der Waals surface area contributed by atoms with E-state index in [2.05, 4.69) is 17.1 Å². The summed E-state index contributed by atoms with van der Waals surface area (Å²) in [7, 11) is 3.01. The van der Waals surface area contributed by atoms with Crippen LogP contribution in [0, 0.1) is 11.8 Å². The lowest BCUT2D eigenvalue weighted by molar-refractivity contribution is -0.135. The Morgan fingerprint density at radius 3 is 2.37 bits per heavy atom. The first-order valence-corrected chi connectivity index (χ1v) is 9.59. The maximum atomic E-state index is 12.7. The molecule has 2 aliphatic rings. The molecule has 0 aromatic heterocycles. The van der Waals surface area contributed by atoms with Crippen molar-refractivity contribution in [1.82, 2.24) is 9.80 Å². The van der Waals surface area contributed by atoms with Crippen LogP contribution in [0.2, 0.25) is 5.02 Å². The molecule has 1 aliphatic heterocycles. The highest BCUT2D eigenvalue weighted by molar-refractivity contribution is 6.32. The van der Waals surface area contributed by atoms with Crippen molar-refractivity contribution in [2.24, 2.45) is 11.8 Å². The molecule has 1 N–H and O–H groups in total. The number of methoxy groups -OCH3 is 2. The summed E-state index contributed by atoms with van der Waals surface area (Å²) >= 11 is 6.09. The quantitative estimate of drug-likeness (QED) is 0.798. The lowest BCUT2D eigenvalue weighted by Crippen LogP contribution is -2.49. The molecule has 148 valence electrons. The third-order valence-corrected chi connectivity index (χ3v) is 5.60. The van der Waals surface area contributed by atoms with Crippen LogP contribution in [-0.2, 0) is 9.59 Å². The van der Waals surface area contributed by atoms with E-state index in [-0.39, 0.29) is 23.7 Å². The first-order valence-electron chi connectivity index (χ1n) is 9.22. The van der Waals surface area contributed by atoms with Crippen LogP contribution in [-0.4, -0.2) is 68.6 Å². The van der Waals surface area contributed by atoms with Gasteiger partial charge in [0.1, 0.15) is 11.5 Å². The molecular weight excluding hydrogens is 370 g/mol. The number of benzene rings is 1. The summed E-state index contributed by atoms with van der Waals surface area (Å²) in [6, 6.07) is 3.22. The number of carbonyl (C=O) groups excluding carboxylic acids is 2. The number of hydrogen-bond acceptors (Lipinski definition) is 5. The maximum absolute atomic E-state index is 12.7. The average molecular weight is 396 g/mol. The number of nitrogens with zero attached hydrogens (tertiary/aromatic N) is 2. The topological polar surface area (TPSA) is 71.1 Å². The monoisotopic (exact) mass is 395 g/mol. The second-order valence-corrected chi connectivity index (χ2v) is 7.29. The van der Waals surface area contributed by atoms with E-state index in [9.17, 15) is 9.59 Å². The van der Waals surface area contributed by atoms with Crippen molar-refractivity contribution in [2.75, 3.05) is 52.3 Å². The zero-order valence-electron chi connectivity index (χ0n) is 16.0. The van der Waals surface area contributed by atoms with Crippen LogP contribution in [0.3, 0.4) is 0 Å². The Balaban J connectivity index is 1.60. The molecule has 0 bridgehead atoms. The fourth-order valence-electron chi connectivity index (χ4n) is 3.46. The average Bonchev–Trinajstić information content (AvgIpc) is 3.49. The van der Waals surface area contributed by atoms with Gasteiger partial charge in [-0.3, -0.25) is 9.59 Å². The molecule has 27 heavy (non-hydrogen) atoms. The molecule has 2 unspecified atom stereocenters. The summed E-state index contributed by atoms with van der Waals surface area (Å²) in [6.07, 6.45) is 0.589. The van der Waals surface area contributed by atoms with E-state index in [0.29, 0.717) is 28.6 Å². The van der Waals surface area contributed by atoms with Crippen molar-refractivity contribution in [3.8, 4) is 11.5 Å². The molecule has 1 aliphatic carbocycles. The van der Waals surface area contributed by atoms with Crippen LogP contribution < -0.4 is 14.8 Å². The van der Waals surface area contributed by atoms with Crippen molar-refractivity contribution in [2.45, 2.75) is 13.3 Å². The van der Waals surface area contributed by atoms with E-state index in [4.69, 9.17) is 21.1 Å². The second-order valence-electron chi connectivity index (χ2n) is 6.88. The number of ether oxygens (including phenoxy) is 2. The molecule has 1 heterocycles. The molecule has 0 radical (unpaired) electrons. The molecule has 2 atom stereocenters. The Morgan fingerprint density at radius 2 is 1.78 bits per heavy atom. The van der Waals surface area contributed by atoms with E-state index in [1.807, 2.05) is 4.90 Å². The molecule has 1 saturated carbocycles. The number of piperazine rings is 1. The minimum Gasteiger partial charge on any atom is -0.495 e. The molecule has 1 aromatic rings. The number of amides is 2. The first kappa shape index (κ1) is 19.8. The van der Waals surface area contributed by atoms with Crippen LogP contribution >= 0.6 is 11.6 Å². The van der Waals surface area contributed by atoms with Crippen LogP contribution in [0.15, 0.2) is 12.1 Å². The van der Waals surface area contributed by atoms with Crippen LogP contribution in [0.4, 0.5) is 5.69 Å². The van der Waals surface area contributed by atoms with Crippen LogP contribution in [0.5, 0.6) is 11.5 Å². The highest BCUT2D eigenvalue weighted by Crippen LogP contribution is 2.42. The number of halogens is 1. The summed E-state index contributed by atoms with van der Waals surface area (Å²) < 4.78 is 10.5. The van der Waals surface area contributed by atoms with Crippen LogP contribution in [0.25, 0.3) is 0 Å². The number of anilines is 1. The fraction of sp³-hybridized carbons (Fsp3) is 0.579. The Kier molecular flexibility index (Phi) is 6.11. The third kappa shape index (κ3) is 4.30. The standard InChI is InChI=1S/C19H26ClN3O4/c1-4-22-5-7-23(8-6-22)19(25)13-9-12(13)18(24)21-15-11-16(26-2)14(20)10-17(15)27-3/h10-13H,4-9H2,1-3H3,(H,21,24). The molecule has 7 nitrogen and oxygen atoms in total. The van der Waals surface area contributed by atoms with E-state index < -0.39 is 0 Å². The summed E-state index contributed by atoms with van der Waals surface area (Å²) in [6.45, 7) is 6.39. The minimum atomic E-state index is -0.298. The second kappa shape index (κ2) is 8.35. The van der Waals surface area contributed by atoms with Crippen LogP contribution in [0.1, 0.15) is 13.3 Å². The van der Waals surface area contributed by atoms with Gasteiger partial charge in [0.05, 0.1) is 36.8 Å². The van der Waals surface area contributed by atoms with Gasteiger partial charge in [0.2, 0.25) is 11.8 Å². The van der Waals surface area contributed by atoms with Crippen molar-refractivity contribution in [3.05, 3.63) is 17.2 Å². The van der Waals surface area contributed by atoms with Gasteiger partial charge < -0.3 is 24.6 Å². The van der Waals surface area contributed by atoms with Gasteiger partial charge in [-0.15, -0.1) is 0 Å². The minimum absolute atomic E-state index is 0.0894. The molecule has 3 rings (SSSR count). The SMILES string of the molecule is CCN1CCN(C(=O)C2CC2C(=O)Nc2cc(OC)c(Cl)cc2OC)CC1. The van der Waals surface area contributed by atoms with Crippen molar-refractivity contribution in [3.63, 3.8) is 0 Å². The van der Waals surface area contributed by atoms with Crippen molar-refractivity contribution >= 4 is 29.1 Å². The molecular formula is C19H26ClN3O4. The molecule has 1 aromatic carbocycles. The Bertz CT molecular complexity index is 719. The molecule has 2 fully saturated rings.